The predicted octanol–water partition coefficient (Wildman–Crippen LogP) is 2.64. The molecule has 0 radical (unpaired) electrons. The number of hydrogen-bond acceptors (Lipinski definition) is 1. The van der Waals surface area contributed by atoms with E-state index in [1.165, 1.54) is 0 Å². The minimum atomic E-state index is 0.532. The number of aromatic amines is 1. The predicted molar refractivity (Wildman–Crippen MR) is 60.0 cm³/mol. The van der Waals surface area contributed by atoms with Crippen molar-refractivity contribution in [3.05, 3.63) is 41.4 Å². The van der Waals surface area contributed by atoms with E-state index in [-0.39, 0.29) is 0 Å². The Kier molecular flexibility index (Phi) is 2.59. The van der Waals surface area contributed by atoms with Crippen LogP contribution in [-0.2, 0) is 6.42 Å². The molecule has 1 heterocycles. The Labute approximate surface area is 88.5 Å². The van der Waals surface area contributed by atoms with Gasteiger partial charge in [-0.2, -0.15) is 0 Å². The number of benzene rings is 1. The lowest BCUT2D eigenvalue weighted by Crippen LogP contribution is -1.86. The summed E-state index contributed by atoms with van der Waals surface area (Å²) < 4.78 is 5.14. The quantitative estimate of drug-likeness (QED) is 0.758. The van der Waals surface area contributed by atoms with Crippen LogP contribution in [0.3, 0.4) is 0 Å². The van der Waals surface area contributed by atoms with Crippen molar-refractivity contribution in [2.45, 2.75) is 6.42 Å². The van der Waals surface area contributed by atoms with E-state index in [4.69, 9.17) is 11.3 Å². The van der Waals surface area contributed by atoms with E-state index in [1.54, 1.807) is 7.11 Å². The first-order valence-electron chi connectivity index (χ1n) is 4.82. The highest BCUT2D eigenvalue weighted by molar-refractivity contribution is 5.81. The molecule has 0 aliphatic heterocycles. The summed E-state index contributed by atoms with van der Waals surface area (Å²) >= 11 is 0. The molecule has 0 amide bonds. The zero-order chi connectivity index (χ0) is 10.7. The number of fused-ring (bicyclic) bond motifs is 1. The minimum Gasteiger partial charge on any atom is -0.497 e. The lowest BCUT2D eigenvalue weighted by atomic mass is 10.2. The molecule has 0 fully saturated rings. The zero-order valence-electron chi connectivity index (χ0n) is 8.58. The summed E-state index contributed by atoms with van der Waals surface area (Å²) in [6.45, 7) is 7.27. The summed E-state index contributed by atoms with van der Waals surface area (Å²) in [5, 5.41) is 1.16. The Morgan fingerprint density at radius 3 is 3.00 bits per heavy atom. The van der Waals surface area contributed by atoms with Crippen LogP contribution in [0.15, 0.2) is 24.3 Å². The molecule has 2 aromatic rings. The molecule has 0 spiro atoms. The summed E-state index contributed by atoms with van der Waals surface area (Å²) in [7, 11) is 1.66. The monoisotopic (exact) mass is 200 g/mol. The number of nitrogens with one attached hydrogen (secondary N) is 1. The largest absolute Gasteiger partial charge is 0.497 e. The van der Waals surface area contributed by atoms with Crippen molar-refractivity contribution in [3.63, 3.8) is 0 Å². The highest BCUT2D eigenvalue weighted by Gasteiger charge is 2.02. The second-order valence-electron chi connectivity index (χ2n) is 3.38. The smallest absolute Gasteiger partial charge is 0.220 e. The van der Waals surface area contributed by atoms with Crippen molar-refractivity contribution in [1.82, 2.24) is 4.98 Å². The van der Waals surface area contributed by atoms with Gasteiger partial charge < -0.3 is 14.6 Å². The Morgan fingerprint density at radius 2 is 2.27 bits per heavy atom. The molecule has 0 saturated carbocycles. The standard InChI is InChI=1S/C12H12N2O/c1-13-6-5-10-7-9-3-4-11(15-2)8-12(9)14-10/h3-4,7-8,14H,5-6H2,2H3. The van der Waals surface area contributed by atoms with Crippen molar-refractivity contribution in [3.8, 4) is 5.75 Å². The first-order valence-corrected chi connectivity index (χ1v) is 4.82. The van der Waals surface area contributed by atoms with Gasteiger partial charge in [0, 0.05) is 17.3 Å². The van der Waals surface area contributed by atoms with Gasteiger partial charge in [0.25, 0.3) is 0 Å². The molecule has 15 heavy (non-hydrogen) atoms. The summed E-state index contributed by atoms with van der Waals surface area (Å²) in [5.41, 5.74) is 2.17. The number of hydrogen-bond donors (Lipinski definition) is 1. The van der Waals surface area contributed by atoms with Crippen molar-refractivity contribution in [2.75, 3.05) is 13.7 Å². The van der Waals surface area contributed by atoms with Gasteiger partial charge in [-0.3, -0.25) is 0 Å². The minimum absolute atomic E-state index is 0.532. The molecule has 0 atom stereocenters. The van der Waals surface area contributed by atoms with Crippen LogP contribution in [0.4, 0.5) is 0 Å². The topological polar surface area (TPSA) is 29.4 Å². The van der Waals surface area contributed by atoms with Gasteiger partial charge in [0.1, 0.15) is 5.75 Å². The van der Waals surface area contributed by atoms with E-state index in [2.05, 4.69) is 15.9 Å². The summed E-state index contributed by atoms with van der Waals surface area (Å²) in [6, 6.07) is 8.01. The van der Waals surface area contributed by atoms with E-state index in [1.807, 2.05) is 18.2 Å². The molecule has 0 bridgehead atoms. The first kappa shape index (κ1) is 9.60. The molecule has 3 heteroatoms. The van der Waals surface area contributed by atoms with E-state index >= 15 is 0 Å². The van der Waals surface area contributed by atoms with Gasteiger partial charge in [0.15, 0.2) is 0 Å². The van der Waals surface area contributed by atoms with E-state index in [0.717, 1.165) is 28.8 Å². The molecular weight excluding hydrogens is 188 g/mol. The van der Waals surface area contributed by atoms with Crippen LogP contribution in [-0.4, -0.2) is 18.6 Å². The zero-order valence-corrected chi connectivity index (χ0v) is 8.58. The second kappa shape index (κ2) is 4.05. The number of H-pyrrole nitrogens is 1. The molecule has 2 rings (SSSR count). The third-order valence-electron chi connectivity index (χ3n) is 2.38. The molecule has 1 aromatic heterocycles. The van der Waals surface area contributed by atoms with Crippen LogP contribution < -0.4 is 4.74 Å². The Bertz CT molecular complexity index is 508. The number of aromatic nitrogens is 1. The Hall–Kier alpha value is -1.95. The number of methoxy groups -OCH3 is 1. The van der Waals surface area contributed by atoms with Crippen LogP contribution >= 0.6 is 0 Å². The number of nitrogens with zero attached hydrogens (tertiary/aromatic N) is 1. The van der Waals surface area contributed by atoms with Crippen LogP contribution in [0.1, 0.15) is 5.69 Å². The average molecular weight is 200 g/mol. The molecule has 0 aliphatic rings. The van der Waals surface area contributed by atoms with Gasteiger partial charge in [-0.15, -0.1) is 0 Å². The fraction of sp³-hybridized carbons (Fsp3) is 0.250. The number of ether oxygens (including phenoxy) is 1. The van der Waals surface area contributed by atoms with Gasteiger partial charge in [0.05, 0.1) is 13.5 Å². The van der Waals surface area contributed by atoms with Crippen LogP contribution in [0.2, 0.25) is 0 Å². The Morgan fingerprint density at radius 1 is 1.40 bits per heavy atom. The van der Waals surface area contributed by atoms with Gasteiger partial charge in [0.2, 0.25) is 6.54 Å². The van der Waals surface area contributed by atoms with E-state index < -0.39 is 0 Å². The second-order valence-corrected chi connectivity index (χ2v) is 3.38. The summed E-state index contributed by atoms with van der Waals surface area (Å²) in [4.78, 5) is 6.62. The normalized spacial score (nSPS) is 10.1. The molecule has 1 aromatic carbocycles. The van der Waals surface area contributed by atoms with E-state index in [9.17, 15) is 0 Å². The lowest BCUT2D eigenvalue weighted by Gasteiger charge is -1.97. The van der Waals surface area contributed by atoms with Gasteiger partial charge >= 0.3 is 0 Å². The molecular formula is C12H12N2O. The summed E-state index contributed by atoms with van der Waals surface area (Å²) in [6.07, 6.45) is 0.778. The third-order valence-corrected chi connectivity index (χ3v) is 2.38. The maximum Gasteiger partial charge on any atom is 0.220 e. The SMILES string of the molecule is [C-]#[N+]CCc1cc2ccc(OC)cc2[nH]1. The van der Waals surface area contributed by atoms with Crippen molar-refractivity contribution in [2.24, 2.45) is 0 Å². The fourth-order valence-corrected chi connectivity index (χ4v) is 1.60. The first-order chi connectivity index (χ1) is 7.33. The highest BCUT2D eigenvalue weighted by Crippen LogP contribution is 2.21. The van der Waals surface area contributed by atoms with Crippen molar-refractivity contribution in [1.29, 1.82) is 0 Å². The summed E-state index contributed by atoms with van der Waals surface area (Å²) in [5.74, 6) is 0.848. The van der Waals surface area contributed by atoms with Gasteiger partial charge in [-0.1, -0.05) is 0 Å². The molecule has 0 saturated heterocycles. The lowest BCUT2D eigenvalue weighted by molar-refractivity contribution is 0.415. The molecule has 76 valence electrons. The van der Waals surface area contributed by atoms with Crippen LogP contribution in [0, 0.1) is 6.57 Å². The maximum atomic E-state index is 6.74. The highest BCUT2D eigenvalue weighted by atomic mass is 16.5. The Balaban J connectivity index is 2.34. The van der Waals surface area contributed by atoms with Crippen LogP contribution in [0.5, 0.6) is 5.75 Å². The fourth-order valence-electron chi connectivity index (χ4n) is 1.60. The van der Waals surface area contributed by atoms with Crippen LogP contribution in [0.25, 0.3) is 15.7 Å². The van der Waals surface area contributed by atoms with E-state index in [0.29, 0.717) is 6.54 Å². The molecule has 1 N–H and O–H groups in total. The maximum absolute atomic E-state index is 6.74. The molecule has 0 unspecified atom stereocenters. The molecule has 0 aliphatic carbocycles. The van der Waals surface area contributed by atoms with Crippen molar-refractivity contribution >= 4 is 10.9 Å². The van der Waals surface area contributed by atoms with Crippen molar-refractivity contribution < 1.29 is 4.74 Å². The number of rotatable bonds is 3. The third kappa shape index (κ3) is 1.94. The van der Waals surface area contributed by atoms with Gasteiger partial charge in [-0.25, -0.2) is 6.57 Å². The average Bonchev–Trinajstić information content (AvgIpc) is 2.67. The van der Waals surface area contributed by atoms with Gasteiger partial charge in [-0.05, 0) is 23.6 Å². The molecule has 3 nitrogen and oxygen atoms in total.